The van der Waals surface area contributed by atoms with Gasteiger partial charge in [-0.05, 0) is 32.9 Å². The molecule has 0 saturated heterocycles. The minimum atomic E-state index is -0.656. The van der Waals surface area contributed by atoms with Crippen molar-refractivity contribution in [2.45, 2.75) is 239 Å². The van der Waals surface area contributed by atoms with Crippen LogP contribution in [0.25, 0.3) is 0 Å². The molecule has 0 radical (unpaired) electrons. The zero-order chi connectivity index (χ0) is 31.5. The van der Waals surface area contributed by atoms with Gasteiger partial charge in [0, 0.05) is 6.04 Å². The molecule has 0 spiro atoms. The second kappa shape index (κ2) is 35.9. The van der Waals surface area contributed by atoms with Crippen LogP contribution >= 0.6 is 0 Å². The first-order valence-electron chi connectivity index (χ1n) is 20.1. The van der Waals surface area contributed by atoms with Gasteiger partial charge in [-0.3, -0.25) is 4.79 Å². The third-order valence-electron chi connectivity index (χ3n) is 9.69. The maximum Gasteiger partial charge on any atom is 0.304 e. The number of carbonyl (C=O) groups is 1. The summed E-state index contributed by atoms with van der Waals surface area (Å²) in [6.07, 6.45) is 45.0. The zero-order valence-electron chi connectivity index (χ0n) is 30.1. The van der Waals surface area contributed by atoms with Gasteiger partial charge in [-0.15, -0.1) is 0 Å². The number of hydrogen-bond donors (Lipinski definition) is 1. The molecule has 258 valence electrons. The number of rotatable bonds is 37. The lowest BCUT2D eigenvalue weighted by atomic mass is 10.0. The third-order valence-corrected chi connectivity index (χ3v) is 9.69. The number of hydrogen-bond acceptors (Lipinski definition) is 2. The lowest BCUT2D eigenvalue weighted by Gasteiger charge is -2.28. The zero-order valence-corrected chi connectivity index (χ0v) is 30.1. The minimum Gasteiger partial charge on any atom is -0.481 e. The summed E-state index contributed by atoms with van der Waals surface area (Å²) >= 11 is 0. The maximum atomic E-state index is 11.3. The summed E-state index contributed by atoms with van der Waals surface area (Å²) in [4.78, 5) is 13.8. The number of unbranched alkanes of at least 4 members (excludes halogenated alkanes) is 30. The number of carboxylic acids is 1. The average molecular weight is 608 g/mol. The highest BCUT2D eigenvalue weighted by atomic mass is 16.4. The van der Waals surface area contributed by atoms with Crippen LogP contribution < -0.4 is 0 Å². The van der Waals surface area contributed by atoms with E-state index in [0.717, 1.165) is 13.1 Å². The van der Waals surface area contributed by atoms with Crippen LogP contribution in [-0.2, 0) is 4.79 Å². The highest BCUT2D eigenvalue weighted by Crippen LogP contribution is 2.17. The summed E-state index contributed by atoms with van der Waals surface area (Å²) in [7, 11) is 0. The van der Waals surface area contributed by atoms with Crippen LogP contribution in [0.5, 0.6) is 0 Å². The molecule has 1 unspecified atom stereocenters. The lowest BCUT2D eigenvalue weighted by Crippen LogP contribution is -2.36. The average Bonchev–Trinajstić information content (AvgIpc) is 2.99. The van der Waals surface area contributed by atoms with E-state index in [1.54, 1.807) is 0 Å². The van der Waals surface area contributed by atoms with Gasteiger partial charge in [0.1, 0.15) is 0 Å². The van der Waals surface area contributed by atoms with Crippen molar-refractivity contribution in [3.63, 3.8) is 0 Å². The van der Waals surface area contributed by atoms with E-state index in [-0.39, 0.29) is 12.5 Å². The summed E-state index contributed by atoms with van der Waals surface area (Å²) in [5.74, 6) is -0.656. The topological polar surface area (TPSA) is 40.5 Å². The standard InChI is InChI=1S/C40H81NO2/c1-4-6-8-10-12-14-16-18-20-22-24-26-28-30-32-34-36-41(39(3)38-40(42)43)37-35-33-31-29-27-25-23-21-19-17-15-13-11-9-7-5-2/h39H,4-38H2,1-3H3,(H,42,43). The Balaban J connectivity index is 3.67. The fourth-order valence-electron chi connectivity index (χ4n) is 6.66. The molecule has 0 saturated carbocycles. The van der Waals surface area contributed by atoms with Crippen LogP contribution in [0.15, 0.2) is 0 Å². The largest absolute Gasteiger partial charge is 0.481 e. The second-order valence-corrected chi connectivity index (χ2v) is 14.1. The van der Waals surface area contributed by atoms with Crippen LogP contribution in [0.2, 0.25) is 0 Å². The van der Waals surface area contributed by atoms with Gasteiger partial charge in [-0.1, -0.05) is 206 Å². The van der Waals surface area contributed by atoms with Gasteiger partial charge in [0.15, 0.2) is 0 Å². The molecule has 0 heterocycles. The number of carboxylic acid groups (broad SMARTS) is 1. The van der Waals surface area contributed by atoms with Crippen molar-refractivity contribution in [1.29, 1.82) is 0 Å². The van der Waals surface area contributed by atoms with E-state index in [0.29, 0.717) is 0 Å². The fraction of sp³-hybridized carbons (Fsp3) is 0.975. The molecule has 0 aromatic heterocycles. The smallest absolute Gasteiger partial charge is 0.304 e. The molecule has 0 aliphatic heterocycles. The van der Waals surface area contributed by atoms with Crippen molar-refractivity contribution < 1.29 is 9.90 Å². The van der Waals surface area contributed by atoms with Gasteiger partial charge in [0.25, 0.3) is 0 Å². The first kappa shape index (κ1) is 42.4. The van der Waals surface area contributed by atoms with Crippen LogP contribution in [0.1, 0.15) is 233 Å². The van der Waals surface area contributed by atoms with Crippen molar-refractivity contribution in [2.24, 2.45) is 0 Å². The Kier molecular flexibility index (Phi) is 35.4. The summed E-state index contributed by atoms with van der Waals surface area (Å²) in [6, 6.07) is 0.158. The van der Waals surface area contributed by atoms with E-state index in [1.807, 2.05) is 0 Å². The second-order valence-electron chi connectivity index (χ2n) is 14.1. The molecule has 0 fully saturated rings. The van der Waals surface area contributed by atoms with E-state index >= 15 is 0 Å². The molecule has 0 rings (SSSR count). The normalized spacial score (nSPS) is 12.4. The summed E-state index contributed by atoms with van der Waals surface area (Å²) in [5, 5.41) is 9.33. The molecule has 0 amide bonds. The monoisotopic (exact) mass is 608 g/mol. The highest BCUT2D eigenvalue weighted by molar-refractivity contribution is 5.67. The van der Waals surface area contributed by atoms with Gasteiger partial charge in [0.05, 0.1) is 6.42 Å². The van der Waals surface area contributed by atoms with Gasteiger partial charge in [-0.25, -0.2) is 0 Å². The van der Waals surface area contributed by atoms with Crippen LogP contribution in [0.4, 0.5) is 0 Å². The van der Waals surface area contributed by atoms with E-state index in [4.69, 9.17) is 0 Å². The van der Waals surface area contributed by atoms with Crippen LogP contribution in [0.3, 0.4) is 0 Å². The molecule has 1 N–H and O–H groups in total. The molecule has 0 bridgehead atoms. The first-order valence-corrected chi connectivity index (χ1v) is 20.1. The lowest BCUT2D eigenvalue weighted by molar-refractivity contribution is -0.138. The first-order chi connectivity index (χ1) is 21.1. The Hall–Kier alpha value is -0.570. The molecule has 0 aliphatic carbocycles. The Labute approximate surface area is 272 Å². The quantitative estimate of drug-likeness (QED) is 0.0714. The van der Waals surface area contributed by atoms with Crippen LogP contribution in [0, 0.1) is 0 Å². The molecule has 0 aromatic carbocycles. The predicted octanol–water partition coefficient (Wildman–Crippen LogP) is 13.7. The SMILES string of the molecule is CCCCCCCCCCCCCCCCCCN(CCCCCCCCCCCCCCCCCC)C(C)CC(=O)O. The van der Waals surface area contributed by atoms with Crippen molar-refractivity contribution in [1.82, 2.24) is 4.90 Å². The molecular weight excluding hydrogens is 526 g/mol. The Morgan fingerprint density at radius 2 is 0.628 bits per heavy atom. The Bertz CT molecular complexity index is 501. The van der Waals surface area contributed by atoms with Crippen molar-refractivity contribution >= 4 is 5.97 Å². The van der Waals surface area contributed by atoms with Gasteiger partial charge < -0.3 is 10.0 Å². The van der Waals surface area contributed by atoms with E-state index in [2.05, 4.69) is 25.7 Å². The maximum absolute atomic E-state index is 11.3. The molecular formula is C40H81NO2. The number of aliphatic carboxylic acids is 1. The van der Waals surface area contributed by atoms with Crippen LogP contribution in [-0.4, -0.2) is 35.1 Å². The summed E-state index contributed by atoms with van der Waals surface area (Å²) in [5.41, 5.74) is 0. The fourth-order valence-corrected chi connectivity index (χ4v) is 6.66. The Morgan fingerprint density at radius 1 is 0.419 bits per heavy atom. The molecule has 1 atom stereocenters. The van der Waals surface area contributed by atoms with Gasteiger partial charge in [0.2, 0.25) is 0 Å². The van der Waals surface area contributed by atoms with E-state index in [1.165, 1.54) is 205 Å². The van der Waals surface area contributed by atoms with Gasteiger partial charge in [-0.2, -0.15) is 0 Å². The Morgan fingerprint density at radius 3 is 0.837 bits per heavy atom. The number of nitrogens with zero attached hydrogens (tertiary/aromatic N) is 1. The predicted molar refractivity (Wildman–Crippen MR) is 192 cm³/mol. The molecule has 0 aromatic rings. The molecule has 43 heavy (non-hydrogen) atoms. The summed E-state index contributed by atoms with van der Waals surface area (Å²) in [6.45, 7) is 8.86. The molecule has 3 nitrogen and oxygen atoms in total. The molecule has 0 aliphatic rings. The minimum absolute atomic E-state index is 0.158. The van der Waals surface area contributed by atoms with Crippen molar-refractivity contribution in [3.8, 4) is 0 Å². The van der Waals surface area contributed by atoms with E-state index < -0.39 is 5.97 Å². The van der Waals surface area contributed by atoms with Crippen molar-refractivity contribution in [3.05, 3.63) is 0 Å². The molecule has 3 heteroatoms. The van der Waals surface area contributed by atoms with Crippen molar-refractivity contribution in [2.75, 3.05) is 13.1 Å². The third kappa shape index (κ3) is 34.1. The van der Waals surface area contributed by atoms with E-state index in [9.17, 15) is 9.90 Å². The summed E-state index contributed by atoms with van der Waals surface area (Å²) < 4.78 is 0. The highest BCUT2D eigenvalue weighted by Gasteiger charge is 2.16. The van der Waals surface area contributed by atoms with Gasteiger partial charge >= 0.3 is 5.97 Å².